The molecule has 0 unspecified atom stereocenters. The number of pyridine rings is 1. The molecule has 10 heteroatoms. The van der Waals surface area contributed by atoms with Gasteiger partial charge in [-0.25, -0.2) is 0 Å². The van der Waals surface area contributed by atoms with Gasteiger partial charge in [0.2, 0.25) is 0 Å². The lowest BCUT2D eigenvalue weighted by molar-refractivity contribution is -0.0500. The molecule has 6 nitrogen and oxygen atoms in total. The lowest BCUT2D eigenvalue weighted by Crippen LogP contribution is -2.28. The molecule has 0 aliphatic carbocycles. The fourth-order valence-electron chi connectivity index (χ4n) is 1.01. The zero-order chi connectivity index (χ0) is 14.8. The van der Waals surface area contributed by atoms with E-state index in [-0.39, 0.29) is 5.56 Å². The Kier molecular flexibility index (Phi) is 4.03. The van der Waals surface area contributed by atoms with Crippen LogP contribution in [0.3, 0.4) is 0 Å². The summed E-state index contributed by atoms with van der Waals surface area (Å²) < 4.78 is 61.7. The molecule has 19 heavy (non-hydrogen) atoms. The summed E-state index contributed by atoms with van der Waals surface area (Å²) in [7, 11) is -2.94. The SMILES string of the molecule is CN(C)C(=O)c1cncc(OS(=O)(=O)C(F)(F)F)c1. The van der Waals surface area contributed by atoms with Gasteiger partial charge >= 0.3 is 15.6 Å². The number of amides is 1. The number of carbonyl (C=O) groups excluding carboxylic acids is 1. The molecule has 0 aromatic carbocycles. The van der Waals surface area contributed by atoms with E-state index < -0.39 is 27.3 Å². The van der Waals surface area contributed by atoms with Crippen molar-refractivity contribution in [2.75, 3.05) is 14.1 Å². The van der Waals surface area contributed by atoms with Crippen LogP contribution >= 0.6 is 0 Å². The number of nitrogens with zero attached hydrogens (tertiary/aromatic N) is 2. The highest BCUT2D eigenvalue weighted by atomic mass is 32.2. The molecule has 1 rings (SSSR count). The second-order valence-corrected chi connectivity index (χ2v) is 5.13. The van der Waals surface area contributed by atoms with Gasteiger partial charge in [-0.3, -0.25) is 9.78 Å². The predicted molar refractivity (Wildman–Crippen MR) is 57.9 cm³/mol. The molecular formula is C9H9F3N2O4S. The maximum atomic E-state index is 12.1. The normalized spacial score (nSPS) is 12.1. The van der Waals surface area contributed by atoms with Crippen molar-refractivity contribution in [3.63, 3.8) is 0 Å². The summed E-state index contributed by atoms with van der Waals surface area (Å²) in [5, 5.41) is 0. The van der Waals surface area contributed by atoms with Crippen LogP contribution in [0.4, 0.5) is 13.2 Å². The largest absolute Gasteiger partial charge is 0.534 e. The third-order valence-corrected chi connectivity index (χ3v) is 2.83. The number of halogens is 3. The molecule has 1 aromatic rings. The van der Waals surface area contributed by atoms with Gasteiger partial charge in [-0.15, -0.1) is 0 Å². The monoisotopic (exact) mass is 298 g/mol. The van der Waals surface area contributed by atoms with Crippen molar-refractivity contribution in [2.45, 2.75) is 5.51 Å². The summed E-state index contributed by atoms with van der Waals surface area (Å²) in [6.45, 7) is 0. The molecule has 0 aliphatic rings. The first kappa shape index (κ1) is 15.2. The van der Waals surface area contributed by atoms with Crippen LogP contribution in [0.5, 0.6) is 5.75 Å². The summed E-state index contributed by atoms with van der Waals surface area (Å²) >= 11 is 0. The number of alkyl halides is 3. The molecule has 0 atom stereocenters. The lowest BCUT2D eigenvalue weighted by atomic mass is 10.2. The molecular weight excluding hydrogens is 289 g/mol. The highest BCUT2D eigenvalue weighted by Crippen LogP contribution is 2.26. The van der Waals surface area contributed by atoms with Crippen LogP contribution in [0.2, 0.25) is 0 Å². The van der Waals surface area contributed by atoms with Gasteiger partial charge in [-0.05, 0) is 6.07 Å². The fourth-order valence-corrected chi connectivity index (χ4v) is 1.45. The molecule has 0 aliphatic heterocycles. The van der Waals surface area contributed by atoms with E-state index in [9.17, 15) is 26.4 Å². The van der Waals surface area contributed by atoms with E-state index in [4.69, 9.17) is 0 Å². The maximum absolute atomic E-state index is 12.1. The van der Waals surface area contributed by atoms with Crippen LogP contribution in [-0.4, -0.2) is 43.8 Å². The van der Waals surface area contributed by atoms with Crippen molar-refractivity contribution in [1.82, 2.24) is 9.88 Å². The molecule has 0 bridgehead atoms. The van der Waals surface area contributed by atoms with Crippen molar-refractivity contribution in [3.8, 4) is 5.75 Å². The standard InChI is InChI=1S/C9H9F3N2O4S/c1-14(2)8(15)6-3-7(5-13-4-6)18-19(16,17)9(10,11)12/h3-5H,1-2H3. The molecule has 1 heterocycles. The van der Waals surface area contributed by atoms with Gasteiger partial charge in [0, 0.05) is 20.3 Å². The minimum absolute atomic E-state index is 0.0973. The van der Waals surface area contributed by atoms with Crippen molar-refractivity contribution in [1.29, 1.82) is 0 Å². The zero-order valence-corrected chi connectivity index (χ0v) is 10.6. The molecule has 0 radical (unpaired) electrons. The topological polar surface area (TPSA) is 76.6 Å². The van der Waals surface area contributed by atoms with Gasteiger partial charge in [0.1, 0.15) is 0 Å². The zero-order valence-electron chi connectivity index (χ0n) is 9.80. The van der Waals surface area contributed by atoms with Crippen LogP contribution in [-0.2, 0) is 10.1 Å². The van der Waals surface area contributed by atoms with Gasteiger partial charge in [0.05, 0.1) is 11.8 Å². The summed E-state index contributed by atoms with van der Waals surface area (Å²) in [5.74, 6) is -1.24. The predicted octanol–water partition coefficient (Wildman–Crippen LogP) is 1.01. The van der Waals surface area contributed by atoms with Gasteiger partial charge in [0.25, 0.3) is 5.91 Å². The number of rotatable bonds is 3. The molecule has 106 valence electrons. The van der Waals surface area contributed by atoms with Gasteiger partial charge in [-0.2, -0.15) is 21.6 Å². The van der Waals surface area contributed by atoms with Crippen LogP contribution < -0.4 is 4.18 Å². The molecule has 0 fully saturated rings. The van der Waals surface area contributed by atoms with Crippen LogP contribution in [0.1, 0.15) is 10.4 Å². The smallest absolute Gasteiger partial charge is 0.374 e. The van der Waals surface area contributed by atoms with E-state index in [2.05, 4.69) is 9.17 Å². The average molecular weight is 298 g/mol. The van der Waals surface area contributed by atoms with Crippen molar-refractivity contribution >= 4 is 16.0 Å². The number of hydrogen-bond donors (Lipinski definition) is 0. The first-order valence-corrected chi connectivity index (χ1v) is 6.13. The second kappa shape index (κ2) is 5.03. The van der Waals surface area contributed by atoms with E-state index >= 15 is 0 Å². The van der Waals surface area contributed by atoms with Crippen molar-refractivity contribution < 1.29 is 30.6 Å². The van der Waals surface area contributed by atoms with E-state index in [1.807, 2.05) is 0 Å². The molecule has 0 saturated heterocycles. The van der Waals surface area contributed by atoms with E-state index in [0.29, 0.717) is 0 Å². The highest BCUT2D eigenvalue weighted by Gasteiger charge is 2.48. The first-order valence-electron chi connectivity index (χ1n) is 4.72. The van der Waals surface area contributed by atoms with Crippen LogP contribution in [0.15, 0.2) is 18.5 Å². The average Bonchev–Trinajstić information content (AvgIpc) is 2.26. The summed E-state index contributed by atoms with van der Waals surface area (Å²) in [4.78, 5) is 16.1. The number of aromatic nitrogens is 1. The van der Waals surface area contributed by atoms with E-state index in [0.717, 1.165) is 23.4 Å². The van der Waals surface area contributed by atoms with Gasteiger partial charge < -0.3 is 9.08 Å². The van der Waals surface area contributed by atoms with Crippen molar-refractivity contribution in [2.24, 2.45) is 0 Å². The highest BCUT2D eigenvalue weighted by molar-refractivity contribution is 7.87. The number of hydrogen-bond acceptors (Lipinski definition) is 5. The third-order valence-electron chi connectivity index (χ3n) is 1.86. The van der Waals surface area contributed by atoms with Gasteiger partial charge in [0.15, 0.2) is 5.75 Å². The number of carbonyl (C=O) groups is 1. The Morgan fingerprint density at radius 3 is 2.37 bits per heavy atom. The van der Waals surface area contributed by atoms with Crippen molar-refractivity contribution in [3.05, 3.63) is 24.0 Å². The maximum Gasteiger partial charge on any atom is 0.534 e. The summed E-state index contributed by atoms with van der Waals surface area (Å²) in [6, 6.07) is 0.860. The Bertz CT molecular complexity index is 583. The Morgan fingerprint density at radius 1 is 1.32 bits per heavy atom. The second-order valence-electron chi connectivity index (χ2n) is 3.59. The van der Waals surface area contributed by atoms with Crippen LogP contribution in [0, 0.1) is 0 Å². The minimum Gasteiger partial charge on any atom is -0.374 e. The van der Waals surface area contributed by atoms with E-state index in [1.54, 1.807) is 0 Å². The summed E-state index contributed by atoms with van der Waals surface area (Å²) in [5.41, 5.74) is -5.64. The summed E-state index contributed by atoms with van der Waals surface area (Å²) in [6.07, 6.45) is 1.84. The Balaban J connectivity index is 3.06. The quantitative estimate of drug-likeness (QED) is 0.615. The molecule has 0 spiro atoms. The Labute approximate surface area is 106 Å². The third kappa shape index (κ3) is 3.56. The minimum atomic E-state index is -5.78. The molecule has 0 saturated carbocycles. The lowest BCUT2D eigenvalue weighted by Gasteiger charge is -2.12. The Morgan fingerprint density at radius 2 is 1.89 bits per heavy atom. The molecule has 0 N–H and O–H groups in total. The molecule has 1 amide bonds. The molecule has 1 aromatic heterocycles. The van der Waals surface area contributed by atoms with Crippen LogP contribution in [0.25, 0.3) is 0 Å². The first-order chi connectivity index (χ1) is 8.54. The van der Waals surface area contributed by atoms with E-state index in [1.165, 1.54) is 14.1 Å². The fraction of sp³-hybridized carbons (Fsp3) is 0.333. The Hall–Kier alpha value is -1.84. The van der Waals surface area contributed by atoms with Gasteiger partial charge in [-0.1, -0.05) is 0 Å².